The minimum Gasteiger partial charge on any atom is -0.468 e. The van der Waals surface area contributed by atoms with Crippen molar-refractivity contribution in [2.75, 3.05) is 21.2 Å². The van der Waals surface area contributed by atoms with Gasteiger partial charge in [-0.3, -0.25) is 9.59 Å². The number of nitrogens with zero attached hydrogens (tertiary/aromatic N) is 3. The number of ether oxygens (including phenoxy) is 1. The summed E-state index contributed by atoms with van der Waals surface area (Å²) in [5.74, 6) is -1.16. The Bertz CT molecular complexity index is 1340. The van der Waals surface area contributed by atoms with Crippen molar-refractivity contribution in [3.8, 4) is 0 Å². The second-order valence-corrected chi connectivity index (χ2v) is 10.4. The third-order valence-electron chi connectivity index (χ3n) is 4.33. The predicted molar refractivity (Wildman–Crippen MR) is 119 cm³/mol. The summed E-state index contributed by atoms with van der Waals surface area (Å²) >= 11 is 13.6. The number of methoxy groups -OCH3 is 1. The van der Waals surface area contributed by atoms with E-state index in [0.717, 1.165) is 15.6 Å². The molecule has 0 aliphatic carbocycles. The zero-order chi connectivity index (χ0) is 22.9. The molecule has 0 radical (unpaired) electrons. The smallest absolute Gasteiger partial charge is 0.325 e. The number of hydrogen-bond acceptors (Lipinski definition) is 6. The number of fused-ring (bicyclic) bond motifs is 1. The Labute approximate surface area is 192 Å². The summed E-state index contributed by atoms with van der Waals surface area (Å²) in [6, 6.07) is 8.76. The monoisotopic (exact) mass is 501 g/mol. The first-order chi connectivity index (χ1) is 14.6. The van der Waals surface area contributed by atoms with Crippen molar-refractivity contribution < 1.29 is 22.7 Å². The highest BCUT2D eigenvalue weighted by Crippen LogP contribution is 2.32. The van der Waals surface area contributed by atoms with Gasteiger partial charge < -0.3 is 9.30 Å². The Hall–Kier alpha value is -2.24. The molecular formula is C19H17Cl2N3O5S2. The van der Waals surface area contributed by atoms with E-state index in [0.29, 0.717) is 15.2 Å². The van der Waals surface area contributed by atoms with Gasteiger partial charge in [0.15, 0.2) is 4.80 Å². The average molecular weight is 502 g/mol. The molecular weight excluding hydrogens is 485 g/mol. The van der Waals surface area contributed by atoms with Crippen LogP contribution in [-0.2, 0) is 26.1 Å². The van der Waals surface area contributed by atoms with E-state index in [9.17, 15) is 18.0 Å². The van der Waals surface area contributed by atoms with Crippen LogP contribution < -0.4 is 4.80 Å². The molecule has 3 rings (SSSR count). The van der Waals surface area contributed by atoms with Crippen molar-refractivity contribution in [3.05, 3.63) is 56.8 Å². The zero-order valence-electron chi connectivity index (χ0n) is 16.6. The molecule has 0 fully saturated rings. The highest BCUT2D eigenvalue weighted by atomic mass is 35.5. The van der Waals surface area contributed by atoms with Gasteiger partial charge in [0, 0.05) is 19.7 Å². The summed E-state index contributed by atoms with van der Waals surface area (Å²) in [5.41, 5.74) is 0.646. The Morgan fingerprint density at radius 3 is 2.35 bits per heavy atom. The largest absolute Gasteiger partial charge is 0.468 e. The van der Waals surface area contributed by atoms with Crippen LogP contribution in [0.1, 0.15) is 10.4 Å². The molecule has 1 aromatic heterocycles. The molecule has 0 spiro atoms. The number of carbonyl (C=O) groups is 2. The summed E-state index contributed by atoms with van der Waals surface area (Å²) in [7, 11) is 0.469. The SMILES string of the molecule is COC(=O)Cn1c(=NC(=O)c2ccc(S(=O)(=O)N(C)C)cc2)sc2ccc(Cl)c(Cl)c21. The molecule has 1 heterocycles. The molecule has 1 amide bonds. The fourth-order valence-corrected chi connectivity index (χ4v) is 5.07. The minimum absolute atomic E-state index is 0.0538. The standard InChI is InChI=1S/C19H17Cl2N3O5S2/c1-23(2)31(27,28)12-6-4-11(5-7-12)18(26)22-19-24(10-15(25)29-3)17-14(30-19)9-8-13(20)16(17)21/h4-9H,10H2,1-3H3. The van der Waals surface area contributed by atoms with Gasteiger partial charge in [-0.25, -0.2) is 12.7 Å². The number of rotatable bonds is 5. The van der Waals surface area contributed by atoms with Crippen molar-refractivity contribution in [2.45, 2.75) is 11.4 Å². The Morgan fingerprint density at radius 2 is 1.77 bits per heavy atom. The summed E-state index contributed by atoms with van der Waals surface area (Å²) in [4.78, 5) is 29.0. The molecule has 0 atom stereocenters. The number of hydrogen-bond donors (Lipinski definition) is 0. The maximum atomic E-state index is 12.7. The van der Waals surface area contributed by atoms with Crippen LogP contribution in [-0.4, -0.2) is 50.4 Å². The van der Waals surface area contributed by atoms with Crippen molar-refractivity contribution in [3.63, 3.8) is 0 Å². The summed E-state index contributed by atoms with van der Waals surface area (Å²) in [6.45, 7) is -0.220. The van der Waals surface area contributed by atoms with Crippen LogP contribution in [0.3, 0.4) is 0 Å². The van der Waals surface area contributed by atoms with Gasteiger partial charge >= 0.3 is 5.97 Å². The Kier molecular flexibility index (Phi) is 6.87. The third-order valence-corrected chi connectivity index (χ3v) is 7.99. The van der Waals surface area contributed by atoms with Crippen molar-refractivity contribution in [1.82, 2.24) is 8.87 Å². The van der Waals surface area contributed by atoms with Gasteiger partial charge in [0.05, 0.1) is 32.3 Å². The zero-order valence-corrected chi connectivity index (χ0v) is 19.8. The highest BCUT2D eigenvalue weighted by molar-refractivity contribution is 7.89. The van der Waals surface area contributed by atoms with Crippen molar-refractivity contribution >= 4 is 66.7 Å². The fourth-order valence-electron chi connectivity index (χ4n) is 2.66. The van der Waals surface area contributed by atoms with Crippen molar-refractivity contribution in [2.24, 2.45) is 4.99 Å². The lowest BCUT2D eigenvalue weighted by Crippen LogP contribution is -2.23. The molecule has 2 aromatic carbocycles. The average Bonchev–Trinajstić information content (AvgIpc) is 3.08. The lowest BCUT2D eigenvalue weighted by Gasteiger charge is -2.11. The van der Waals surface area contributed by atoms with Crippen LogP contribution in [0.2, 0.25) is 10.0 Å². The van der Waals surface area contributed by atoms with Gasteiger partial charge in [0.1, 0.15) is 6.54 Å². The first kappa shape index (κ1) is 23.4. The van der Waals surface area contributed by atoms with E-state index >= 15 is 0 Å². The molecule has 0 saturated heterocycles. The van der Waals surface area contributed by atoms with Crippen LogP contribution in [0.25, 0.3) is 10.2 Å². The van der Waals surface area contributed by atoms with Crippen molar-refractivity contribution in [1.29, 1.82) is 0 Å². The lowest BCUT2D eigenvalue weighted by atomic mass is 10.2. The van der Waals surface area contributed by atoms with Gasteiger partial charge in [-0.15, -0.1) is 0 Å². The van der Waals surface area contributed by atoms with Gasteiger partial charge in [-0.2, -0.15) is 4.99 Å². The minimum atomic E-state index is -3.62. The van der Waals surface area contributed by atoms with Gasteiger partial charge in [0.2, 0.25) is 10.0 Å². The second kappa shape index (κ2) is 9.09. The summed E-state index contributed by atoms with van der Waals surface area (Å²) in [6.07, 6.45) is 0. The molecule has 8 nitrogen and oxygen atoms in total. The van der Waals surface area contributed by atoms with Gasteiger partial charge in [-0.05, 0) is 36.4 Å². The maximum absolute atomic E-state index is 12.7. The number of sulfonamides is 1. The van der Waals surface area contributed by atoms with Crippen LogP contribution in [0, 0.1) is 0 Å². The number of benzene rings is 2. The molecule has 12 heteroatoms. The Morgan fingerprint density at radius 1 is 1.13 bits per heavy atom. The summed E-state index contributed by atoms with van der Waals surface area (Å²) in [5, 5.41) is 0.521. The normalized spacial score (nSPS) is 12.5. The van der Waals surface area contributed by atoms with E-state index in [1.165, 1.54) is 50.0 Å². The molecule has 0 aliphatic rings. The van der Waals surface area contributed by atoms with Gasteiger partial charge in [-0.1, -0.05) is 34.5 Å². The van der Waals surface area contributed by atoms with E-state index in [1.807, 2.05) is 0 Å². The van der Waals surface area contributed by atoms with Crippen LogP contribution in [0.5, 0.6) is 0 Å². The lowest BCUT2D eigenvalue weighted by molar-refractivity contribution is -0.141. The molecule has 0 bridgehead atoms. The third kappa shape index (κ3) is 4.68. The van der Waals surface area contributed by atoms with Crippen LogP contribution in [0.4, 0.5) is 0 Å². The molecule has 0 saturated carbocycles. The summed E-state index contributed by atoms with van der Waals surface area (Å²) < 4.78 is 32.3. The molecule has 0 unspecified atom stereocenters. The topological polar surface area (TPSA) is 98.0 Å². The number of amides is 1. The maximum Gasteiger partial charge on any atom is 0.325 e. The number of carbonyl (C=O) groups excluding carboxylic acids is 2. The molecule has 3 aromatic rings. The molecule has 164 valence electrons. The molecule has 31 heavy (non-hydrogen) atoms. The number of aromatic nitrogens is 1. The van der Waals surface area contributed by atoms with E-state index in [4.69, 9.17) is 27.9 Å². The van der Waals surface area contributed by atoms with Gasteiger partial charge in [0.25, 0.3) is 5.91 Å². The molecule has 0 N–H and O–H groups in total. The number of esters is 1. The number of thiazole rings is 1. The predicted octanol–water partition coefficient (Wildman–Crippen LogP) is 3.17. The fraction of sp³-hybridized carbons (Fsp3) is 0.211. The van der Waals surface area contributed by atoms with E-state index in [-0.39, 0.29) is 26.8 Å². The van der Waals surface area contributed by atoms with Crippen LogP contribution >= 0.6 is 34.5 Å². The van der Waals surface area contributed by atoms with Crippen LogP contribution in [0.15, 0.2) is 46.3 Å². The quantitative estimate of drug-likeness (QED) is 0.500. The first-order valence-electron chi connectivity index (χ1n) is 8.72. The van der Waals surface area contributed by atoms with E-state index in [1.54, 1.807) is 12.1 Å². The number of halogens is 2. The first-order valence-corrected chi connectivity index (χ1v) is 11.7. The Balaban J connectivity index is 2.09. The highest BCUT2D eigenvalue weighted by Gasteiger charge is 2.19. The van der Waals surface area contributed by atoms with E-state index < -0.39 is 21.9 Å². The molecule has 0 aliphatic heterocycles. The second-order valence-electron chi connectivity index (χ2n) is 6.48. The van der Waals surface area contributed by atoms with E-state index in [2.05, 4.69) is 4.99 Å².